The van der Waals surface area contributed by atoms with Crippen molar-refractivity contribution in [1.82, 2.24) is 5.32 Å². The van der Waals surface area contributed by atoms with Crippen molar-refractivity contribution in [3.05, 3.63) is 30.1 Å². The molecule has 1 aromatic carbocycles. The summed E-state index contributed by atoms with van der Waals surface area (Å²) in [6, 6.07) is 5.62. The molecule has 0 spiro atoms. The number of benzene rings is 1. The Kier molecular flexibility index (Phi) is 5.13. The second-order valence-corrected chi connectivity index (χ2v) is 5.58. The first kappa shape index (κ1) is 16.4. The van der Waals surface area contributed by atoms with Crippen molar-refractivity contribution in [2.45, 2.75) is 31.7 Å². The summed E-state index contributed by atoms with van der Waals surface area (Å²) in [5, 5.41) is 2.84. The maximum Gasteiger partial charge on any atom is 0.246 e. The summed E-state index contributed by atoms with van der Waals surface area (Å²) >= 11 is 0. The van der Waals surface area contributed by atoms with Crippen LogP contribution in [0.3, 0.4) is 0 Å². The predicted molar refractivity (Wildman–Crippen MR) is 81.0 cm³/mol. The highest BCUT2D eigenvalue weighted by atomic mass is 19.1. The van der Waals surface area contributed by atoms with Crippen LogP contribution in [-0.2, 0) is 14.3 Å². The molecule has 0 radical (unpaired) electrons. The number of hydrogen-bond acceptors (Lipinski definition) is 3. The quantitative estimate of drug-likeness (QED) is 0.816. The fourth-order valence-electron chi connectivity index (χ4n) is 2.69. The third kappa shape index (κ3) is 3.27. The Balaban J connectivity index is 2.14. The number of amides is 2. The summed E-state index contributed by atoms with van der Waals surface area (Å²) in [4.78, 5) is 26.2. The molecule has 22 heavy (non-hydrogen) atoms. The van der Waals surface area contributed by atoms with Gasteiger partial charge in [0.1, 0.15) is 11.4 Å². The highest BCUT2D eigenvalue weighted by Gasteiger charge is 2.47. The zero-order valence-corrected chi connectivity index (χ0v) is 12.9. The summed E-state index contributed by atoms with van der Waals surface area (Å²) < 4.78 is 18.0. The van der Waals surface area contributed by atoms with Crippen molar-refractivity contribution in [3.63, 3.8) is 0 Å². The predicted octanol–water partition coefficient (Wildman–Crippen LogP) is 1.86. The van der Waals surface area contributed by atoms with Gasteiger partial charge in [0.05, 0.1) is 0 Å². The molecule has 1 aromatic rings. The minimum Gasteiger partial charge on any atom is -0.385 e. The van der Waals surface area contributed by atoms with Gasteiger partial charge < -0.3 is 10.1 Å². The van der Waals surface area contributed by atoms with Crippen molar-refractivity contribution >= 4 is 17.5 Å². The summed E-state index contributed by atoms with van der Waals surface area (Å²) in [6.45, 7) is 2.80. The average molecular weight is 308 g/mol. The van der Waals surface area contributed by atoms with Crippen LogP contribution in [0.2, 0.25) is 0 Å². The lowest BCUT2D eigenvalue weighted by Gasteiger charge is -2.34. The molecule has 0 unspecified atom stereocenters. The number of halogens is 1. The molecule has 2 rings (SSSR count). The van der Waals surface area contributed by atoms with Crippen LogP contribution >= 0.6 is 0 Å². The van der Waals surface area contributed by atoms with Crippen LogP contribution in [0, 0.1) is 5.82 Å². The van der Waals surface area contributed by atoms with Gasteiger partial charge in [-0.3, -0.25) is 14.5 Å². The first-order chi connectivity index (χ1) is 10.5. The van der Waals surface area contributed by atoms with Crippen LogP contribution in [0.5, 0.6) is 0 Å². The number of methoxy groups -OCH3 is 1. The molecule has 1 aliphatic rings. The van der Waals surface area contributed by atoms with Crippen molar-refractivity contribution < 1.29 is 18.7 Å². The number of ether oxygens (including phenoxy) is 1. The fourth-order valence-corrected chi connectivity index (χ4v) is 2.69. The van der Waals surface area contributed by atoms with E-state index in [2.05, 4.69) is 5.32 Å². The van der Waals surface area contributed by atoms with E-state index in [1.54, 1.807) is 14.0 Å². The molecule has 0 aliphatic carbocycles. The van der Waals surface area contributed by atoms with Crippen molar-refractivity contribution in [1.29, 1.82) is 0 Å². The Morgan fingerprint density at radius 2 is 2.09 bits per heavy atom. The zero-order chi connectivity index (χ0) is 16.2. The lowest BCUT2D eigenvalue weighted by molar-refractivity contribution is -0.127. The van der Waals surface area contributed by atoms with E-state index in [-0.39, 0.29) is 17.6 Å². The normalized spacial score (nSPS) is 21.2. The number of carbonyl (C=O) groups excluding carboxylic acids is 2. The number of nitrogens with one attached hydrogen (secondary N) is 1. The number of rotatable bonds is 6. The Labute approximate surface area is 129 Å². The number of anilines is 1. The van der Waals surface area contributed by atoms with Gasteiger partial charge in [-0.15, -0.1) is 0 Å². The summed E-state index contributed by atoms with van der Waals surface area (Å²) in [5.74, 6) is -0.693. The second kappa shape index (κ2) is 6.87. The number of nitrogens with zero attached hydrogens (tertiary/aromatic N) is 1. The molecule has 0 bridgehead atoms. The molecule has 1 saturated heterocycles. The van der Waals surface area contributed by atoms with E-state index < -0.39 is 5.54 Å². The molecule has 0 saturated carbocycles. The molecule has 5 nitrogen and oxygen atoms in total. The van der Waals surface area contributed by atoms with Crippen molar-refractivity contribution in [2.24, 2.45) is 0 Å². The zero-order valence-electron chi connectivity index (χ0n) is 12.9. The van der Waals surface area contributed by atoms with Crippen LogP contribution in [-0.4, -0.2) is 37.6 Å². The topological polar surface area (TPSA) is 58.6 Å². The van der Waals surface area contributed by atoms with Gasteiger partial charge in [-0.1, -0.05) is 0 Å². The second-order valence-electron chi connectivity index (χ2n) is 5.58. The highest BCUT2D eigenvalue weighted by Crippen LogP contribution is 2.35. The van der Waals surface area contributed by atoms with Crippen LogP contribution < -0.4 is 10.2 Å². The maximum atomic E-state index is 13.1. The molecule has 6 heteroatoms. The Morgan fingerprint density at radius 1 is 1.41 bits per heavy atom. The minimum absolute atomic E-state index is 0.124. The van der Waals surface area contributed by atoms with Gasteiger partial charge in [-0.25, -0.2) is 4.39 Å². The first-order valence-electron chi connectivity index (χ1n) is 7.35. The van der Waals surface area contributed by atoms with Gasteiger partial charge in [0.25, 0.3) is 0 Å². The highest BCUT2D eigenvalue weighted by molar-refractivity contribution is 6.06. The lowest BCUT2D eigenvalue weighted by atomic mass is 9.97. The molecule has 0 aromatic heterocycles. The molecule has 120 valence electrons. The Morgan fingerprint density at radius 3 is 2.73 bits per heavy atom. The first-order valence-corrected chi connectivity index (χ1v) is 7.35. The summed E-state index contributed by atoms with van der Waals surface area (Å²) in [7, 11) is 1.61. The smallest absolute Gasteiger partial charge is 0.246 e. The minimum atomic E-state index is -0.942. The number of hydrogen-bond donors (Lipinski definition) is 1. The number of carbonyl (C=O) groups is 2. The van der Waals surface area contributed by atoms with Gasteiger partial charge in [0.2, 0.25) is 11.8 Å². The average Bonchev–Trinajstić information content (AvgIpc) is 2.81. The van der Waals surface area contributed by atoms with E-state index in [1.807, 2.05) is 0 Å². The van der Waals surface area contributed by atoms with E-state index in [0.29, 0.717) is 38.1 Å². The van der Waals surface area contributed by atoms with E-state index in [4.69, 9.17) is 4.74 Å². The van der Waals surface area contributed by atoms with Gasteiger partial charge >= 0.3 is 0 Å². The molecule has 1 N–H and O–H groups in total. The largest absolute Gasteiger partial charge is 0.385 e. The summed E-state index contributed by atoms with van der Waals surface area (Å²) in [5.41, 5.74) is -0.402. The standard InChI is InChI=1S/C16H21FN2O3/c1-16(15(21)18-10-3-11-22-2)9-8-14(20)19(16)13-6-4-12(17)5-7-13/h4-7H,3,8-11H2,1-2H3,(H,18,21)/t16-/m1/s1. The van der Waals surface area contributed by atoms with Crippen molar-refractivity contribution in [2.75, 3.05) is 25.2 Å². The summed E-state index contributed by atoms with van der Waals surface area (Å²) in [6.07, 6.45) is 1.46. The molecular formula is C16H21FN2O3. The van der Waals surface area contributed by atoms with Crippen LogP contribution in [0.1, 0.15) is 26.2 Å². The third-order valence-corrected chi connectivity index (χ3v) is 3.95. The van der Waals surface area contributed by atoms with Gasteiger partial charge in [-0.05, 0) is 44.0 Å². The van der Waals surface area contributed by atoms with E-state index in [9.17, 15) is 14.0 Å². The van der Waals surface area contributed by atoms with E-state index >= 15 is 0 Å². The van der Waals surface area contributed by atoms with Crippen molar-refractivity contribution in [3.8, 4) is 0 Å². The van der Waals surface area contributed by atoms with Gasteiger partial charge in [0.15, 0.2) is 0 Å². The molecule has 1 heterocycles. The van der Waals surface area contributed by atoms with E-state index in [0.717, 1.165) is 0 Å². The molecule has 1 aliphatic heterocycles. The third-order valence-electron chi connectivity index (χ3n) is 3.95. The molecule has 1 fully saturated rings. The Hall–Kier alpha value is -1.95. The molecule has 2 amide bonds. The molecule has 1 atom stereocenters. The van der Waals surface area contributed by atoms with E-state index in [1.165, 1.54) is 29.2 Å². The SMILES string of the molecule is COCCCNC(=O)[C@@]1(C)CCC(=O)N1c1ccc(F)cc1. The monoisotopic (exact) mass is 308 g/mol. The van der Waals surface area contributed by atoms with Crippen LogP contribution in [0.15, 0.2) is 24.3 Å². The molecular weight excluding hydrogens is 287 g/mol. The van der Waals surface area contributed by atoms with Crippen LogP contribution in [0.25, 0.3) is 0 Å². The fraction of sp³-hybridized carbons (Fsp3) is 0.500. The Bertz CT molecular complexity index is 547. The van der Waals surface area contributed by atoms with Gasteiger partial charge in [0, 0.05) is 32.4 Å². The van der Waals surface area contributed by atoms with Gasteiger partial charge in [-0.2, -0.15) is 0 Å². The lowest BCUT2D eigenvalue weighted by Crippen LogP contribution is -2.55. The maximum absolute atomic E-state index is 13.1. The van der Waals surface area contributed by atoms with Crippen LogP contribution in [0.4, 0.5) is 10.1 Å².